The molecule has 0 spiro atoms. The topological polar surface area (TPSA) is 115 Å². The normalized spacial score (nSPS) is 13.2. The Labute approximate surface area is 91.9 Å². The molecular weight excluding hydrogens is 158 g/mol. The van der Waals surface area contributed by atoms with E-state index < -0.39 is 24.1 Å². The van der Waals surface area contributed by atoms with Crippen LogP contribution in [0.1, 0.15) is 0 Å². The molecule has 60 valence electrons. The van der Waals surface area contributed by atoms with Crippen molar-refractivity contribution in [2.45, 2.75) is 12.2 Å². The summed E-state index contributed by atoms with van der Waals surface area (Å²) in [5.41, 5.74) is 0. The van der Waals surface area contributed by atoms with Gasteiger partial charge in [0.15, 0.2) is 12.2 Å². The predicted octanol–water partition coefficient (Wildman–Crippen LogP) is -2.88. The van der Waals surface area contributed by atoms with Gasteiger partial charge in [0, 0.05) is 37.7 Å². The molecule has 0 aliphatic heterocycles. The number of rotatable bonds is 3. The van der Waals surface area contributed by atoms with E-state index in [0.717, 1.165) is 0 Å². The molecule has 0 aliphatic rings. The fraction of sp³-hybridized carbons (Fsp3) is 0.500. The second kappa shape index (κ2) is 7.69. The number of hydrogen-bond donors (Lipinski definition) is 4. The van der Waals surface area contributed by atoms with E-state index in [0.29, 0.717) is 0 Å². The molecule has 0 rings (SSSR count). The smallest absolute Gasteiger partial charge is 0.335 e. The summed E-state index contributed by atoms with van der Waals surface area (Å²) < 4.78 is 0. The average molecular weight is 164 g/mol. The van der Waals surface area contributed by atoms with Gasteiger partial charge < -0.3 is 20.4 Å². The number of aliphatic hydroxyl groups is 2. The zero-order chi connectivity index (χ0) is 8.31. The standard InChI is InChI=1S/C4H6O6.2Li/c5-1(3(7)8)2(6)4(9)10;;/h1-2,5-6H,(H,7,8)(H,9,10);;/t1-,2-;;/m1../s1. The zero-order valence-electron chi connectivity index (χ0n) is 6.76. The number of aliphatic carboxylic acids is 2. The van der Waals surface area contributed by atoms with Crippen LogP contribution in [0.25, 0.3) is 0 Å². The zero-order valence-corrected chi connectivity index (χ0v) is 6.76. The molecule has 0 bridgehead atoms. The van der Waals surface area contributed by atoms with Crippen LogP contribution in [0.15, 0.2) is 0 Å². The Morgan fingerprint density at radius 2 is 1.00 bits per heavy atom. The third-order valence-corrected chi connectivity index (χ3v) is 0.805. The molecule has 12 heavy (non-hydrogen) atoms. The minimum atomic E-state index is -2.27. The molecule has 0 unspecified atom stereocenters. The van der Waals surface area contributed by atoms with Gasteiger partial charge in [-0.05, 0) is 0 Å². The summed E-state index contributed by atoms with van der Waals surface area (Å²) in [5, 5.41) is 32.5. The molecule has 2 radical (unpaired) electrons. The Kier molecular flexibility index (Phi) is 11.5. The van der Waals surface area contributed by atoms with Crippen molar-refractivity contribution in [2.75, 3.05) is 0 Å². The van der Waals surface area contributed by atoms with E-state index in [2.05, 4.69) is 0 Å². The molecule has 6 nitrogen and oxygen atoms in total. The first-order chi connectivity index (χ1) is 4.46. The molecule has 0 aromatic heterocycles. The summed E-state index contributed by atoms with van der Waals surface area (Å²) in [7, 11) is 0. The van der Waals surface area contributed by atoms with E-state index in [1.807, 2.05) is 0 Å². The van der Waals surface area contributed by atoms with Crippen molar-refractivity contribution in [1.29, 1.82) is 0 Å². The molecule has 0 amide bonds. The maximum atomic E-state index is 9.77. The number of carboxylic acid groups (broad SMARTS) is 2. The molecule has 2 atom stereocenters. The third-order valence-electron chi connectivity index (χ3n) is 0.805. The van der Waals surface area contributed by atoms with Crippen LogP contribution in [0.5, 0.6) is 0 Å². The van der Waals surface area contributed by atoms with Crippen LogP contribution in [-0.2, 0) is 9.59 Å². The molecule has 0 saturated heterocycles. The van der Waals surface area contributed by atoms with Crippen molar-refractivity contribution in [1.82, 2.24) is 0 Å². The summed E-state index contributed by atoms with van der Waals surface area (Å²) in [6.45, 7) is 0. The van der Waals surface area contributed by atoms with Crippen molar-refractivity contribution in [3.63, 3.8) is 0 Å². The number of carboxylic acids is 2. The monoisotopic (exact) mass is 164 g/mol. The summed E-state index contributed by atoms with van der Waals surface area (Å²) in [6, 6.07) is 0. The van der Waals surface area contributed by atoms with Crippen LogP contribution in [0.2, 0.25) is 0 Å². The van der Waals surface area contributed by atoms with Gasteiger partial charge in [0.2, 0.25) is 0 Å². The molecule has 0 fully saturated rings. The number of carbonyl (C=O) groups is 2. The fourth-order valence-electron chi connectivity index (χ4n) is 0.270. The number of hydrogen-bond acceptors (Lipinski definition) is 4. The first kappa shape index (κ1) is 18.0. The van der Waals surface area contributed by atoms with Gasteiger partial charge in [-0.3, -0.25) is 0 Å². The maximum Gasteiger partial charge on any atom is 0.335 e. The van der Waals surface area contributed by atoms with E-state index in [1.165, 1.54) is 0 Å². The van der Waals surface area contributed by atoms with Gasteiger partial charge in [-0.25, -0.2) is 9.59 Å². The van der Waals surface area contributed by atoms with Gasteiger partial charge in [0.1, 0.15) is 0 Å². The van der Waals surface area contributed by atoms with Crippen LogP contribution in [-0.4, -0.2) is 82.3 Å². The van der Waals surface area contributed by atoms with Gasteiger partial charge in [-0.2, -0.15) is 0 Å². The van der Waals surface area contributed by atoms with E-state index in [-0.39, 0.29) is 37.7 Å². The Morgan fingerprint density at radius 3 is 1.08 bits per heavy atom. The first-order valence-corrected chi connectivity index (χ1v) is 2.28. The molecule has 8 heteroatoms. The Morgan fingerprint density at radius 1 is 0.833 bits per heavy atom. The maximum absolute atomic E-state index is 9.77. The Balaban J connectivity index is -0.000000405. The van der Waals surface area contributed by atoms with Crippen molar-refractivity contribution >= 4 is 49.7 Å². The fourth-order valence-corrected chi connectivity index (χ4v) is 0.270. The largest absolute Gasteiger partial charge is 0.479 e. The van der Waals surface area contributed by atoms with Crippen molar-refractivity contribution in [2.24, 2.45) is 0 Å². The molecule has 4 N–H and O–H groups in total. The molecule has 0 aromatic carbocycles. The van der Waals surface area contributed by atoms with Crippen LogP contribution in [0, 0.1) is 0 Å². The SMILES string of the molecule is O=C(O)[C@H](O)[C@@H](O)C(=O)O.[Li].[Li]. The molecular formula is C4H6Li2O6. The minimum Gasteiger partial charge on any atom is -0.479 e. The molecule has 0 heterocycles. The quantitative estimate of drug-likeness (QED) is 0.333. The van der Waals surface area contributed by atoms with Crippen LogP contribution in [0.3, 0.4) is 0 Å². The van der Waals surface area contributed by atoms with Crippen LogP contribution < -0.4 is 0 Å². The summed E-state index contributed by atoms with van der Waals surface area (Å²) in [6.07, 6.45) is -4.53. The minimum absolute atomic E-state index is 0. The molecule has 0 saturated carbocycles. The van der Waals surface area contributed by atoms with E-state index >= 15 is 0 Å². The summed E-state index contributed by atoms with van der Waals surface area (Å²) >= 11 is 0. The predicted molar refractivity (Wildman–Crippen MR) is 38.8 cm³/mol. The van der Waals surface area contributed by atoms with Gasteiger partial charge in [-0.15, -0.1) is 0 Å². The second-order valence-corrected chi connectivity index (χ2v) is 1.57. The van der Waals surface area contributed by atoms with Gasteiger partial charge >= 0.3 is 11.9 Å². The van der Waals surface area contributed by atoms with E-state index in [4.69, 9.17) is 20.4 Å². The first-order valence-electron chi connectivity index (χ1n) is 2.28. The average Bonchev–Trinajstić information content (AvgIpc) is 1.84. The Hall–Kier alpha value is 0.0548. The molecule has 0 aromatic rings. The summed E-state index contributed by atoms with van der Waals surface area (Å²) in [4.78, 5) is 19.5. The Bertz CT molecular complexity index is 142. The van der Waals surface area contributed by atoms with Gasteiger partial charge in [0.05, 0.1) is 0 Å². The molecule has 0 aliphatic carbocycles. The van der Waals surface area contributed by atoms with E-state index in [1.54, 1.807) is 0 Å². The third kappa shape index (κ3) is 5.67. The van der Waals surface area contributed by atoms with Gasteiger partial charge in [-0.1, -0.05) is 0 Å². The van der Waals surface area contributed by atoms with Crippen LogP contribution in [0.4, 0.5) is 0 Å². The van der Waals surface area contributed by atoms with Crippen molar-refractivity contribution in [3.8, 4) is 0 Å². The number of aliphatic hydroxyl groups excluding tert-OH is 2. The summed E-state index contributed by atoms with van der Waals surface area (Å²) in [5.74, 6) is -3.54. The van der Waals surface area contributed by atoms with Crippen LogP contribution >= 0.6 is 0 Å². The van der Waals surface area contributed by atoms with Crippen molar-refractivity contribution < 1.29 is 30.0 Å². The second-order valence-electron chi connectivity index (χ2n) is 1.57. The van der Waals surface area contributed by atoms with Crippen molar-refractivity contribution in [3.05, 3.63) is 0 Å². The van der Waals surface area contributed by atoms with Gasteiger partial charge in [0.25, 0.3) is 0 Å². The van der Waals surface area contributed by atoms with E-state index in [9.17, 15) is 9.59 Å².